The molecule has 0 aliphatic carbocycles. The van der Waals surface area contributed by atoms with Crippen LogP contribution in [-0.4, -0.2) is 37.1 Å². The summed E-state index contributed by atoms with van der Waals surface area (Å²) >= 11 is 5.81. The number of nitrogens with zero attached hydrogens (tertiary/aromatic N) is 3. The van der Waals surface area contributed by atoms with Crippen molar-refractivity contribution in [2.24, 2.45) is 0 Å². The van der Waals surface area contributed by atoms with E-state index in [9.17, 15) is 19.8 Å². The number of aromatic carboxylic acids is 1. The third kappa shape index (κ3) is 2.59. The van der Waals surface area contributed by atoms with E-state index in [2.05, 4.69) is 10.3 Å². The summed E-state index contributed by atoms with van der Waals surface area (Å²) in [6.45, 7) is 2.82. The molecule has 1 heterocycles. The van der Waals surface area contributed by atoms with Crippen molar-refractivity contribution in [3.63, 3.8) is 0 Å². The summed E-state index contributed by atoms with van der Waals surface area (Å²) in [6.07, 6.45) is 0. The third-order valence-electron chi connectivity index (χ3n) is 3.04. The fraction of sp³-hybridized carbons (Fsp3) is 0.231. The first-order chi connectivity index (χ1) is 9.75. The van der Waals surface area contributed by atoms with Crippen LogP contribution in [0.4, 0.5) is 0 Å². The van der Waals surface area contributed by atoms with Gasteiger partial charge in [-0.15, -0.1) is 5.10 Å². The zero-order chi connectivity index (χ0) is 15.8. The van der Waals surface area contributed by atoms with E-state index in [4.69, 9.17) is 11.6 Å². The van der Waals surface area contributed by atoms with Gasteiger partial charge in [0.05, 0.1) is 0 Å². The second kappa shape index (κ2) is 5.17. The van der Waals surface area contributed by atoms with Crippen LogP contribution in [0.1, 0.15) is 24.3 Å². The van der Waals surface area contributed by atoms with Crippen LogP contribution in [0.2, 0.25) is 5.02 Å². The highest BCUT2D eigenvalue weighted by molar-refractivity contribution is 6.30. The van der Waals surface area contributed by atoms with Crippen molar-refractivity contribution >= 4 is 23.5 Å². The number of halogens is 1. The average Bonchev–Trinajstić information content (AvgIpc) is 2.84. The van der Waals surface area contributed by atoms with Crippen molar-refractivity contribution in [2.75, 3.05) is 0 Å². The van der Waals surface area contributed by atoms with Crippen LogP contribution >= 0.6 is 11.6 Å². The average molecular weight is 310 g/mol. The molecule has 0 aliphatic rings. The molecule has 0 unspecified atom stereocenters. The number of hydrogen-bond donors (Lipinski definition) is 2. The Hall–Kier alpha value is -2.41. The summed E-state index contributed by atoms with van der Waals surface area (Å²) in [5.74, 6) is -2.44. The van der Waals surface area contributed by atoms with Gasteiger partial charge in [0.1, 0.15) is 5.69 Å². The second-order valence-corrected chi connectivity index (χ2v) is 5.31. The van der Waals surface area contributed by atoms with Crippen molar-refractivity contribution < 1.29 is 19.8 Å². The minimum atomic E-state index is -1.45. The second-order valence-electron chi connectivity index (χ2n) is 4.87. The maximum atomic E-state index is 11.4. The highest BCUT2D eigenvalue weighted by Crippen LogP contribution is 2.29. The van der Waals surface area contributed by atoms with Gasteiger partial charge in [0.2, 0.25) is 0 Å². The lowest BCUT2D eigenvalue weighted by Gasteiger charge is -2.21. The molecule has 2 rings (SSSR count). The van der Waals surface area contributed by atoms with Gasteiger partial charge >= 0.3 is 11.9 Å². The van der Waals surface area contributed by atoms with E-state index >= 15 is 0 Å². The van der Waals surface area contributed by atoms with E-state index < -0.39 is 17.5 Å². The first kappa shape index (κ1) is 15.0. The van der Waals surface area contributed by atoms with E-state index in [1.165, 1.54) is 13.8 Å². The van der Waals surface area contributed by atoms with Crippen LogP contribution in [-0.2, 0) is 10.3 Å². The molecule has 0 spiro atoms. The van der Waals surface area contributed by atoms with Crippen LogP contribution in [0, 0.1) is 0 Å². The number of aliphatic carboxylic acids is 1. The number of carboxylic acid groups (broad SMARTS) is 2. The van der Waals surface area contributed by atoms with Crippen LogP contribution in [0.5, 0.6) is 0 Å². The summed E-state index contributed by atoms with van der Waals surface area (Å²) in [7, 11) is 0. The molecule has 0 saturated carbocycles. The molecule has 8 heteroatoms. The van der Waals surface area contributed by atoms with Crippen LogP contribution in [0.25, 0.3) is 11.3 Å². The van der Waals surface area contributed by atoms with Crippen LogP contribution in [0.3, 0.4) is 0 Å². The zero-order valence-corrected chi connectivity index (χ0v) is 12.0. The van der Waals surface area contributed by atoms with Gasteiger partial charge in [-0.3, -0.25) is 0 Å². The van der Waals surface area contributed by atoms with Crippen molar-refractivity contribution in [3.8, 4) is 11.3 Å². The van der Waals surface area contributed by atoms with Gasteiger partial charge in [-0.05, 0) is 26.0 Å². The quantitative estimate of drug-likeness (QED) is 0.896. The molecule has 21 heavy (non-hydrogen) atoms. The van der Waals surface area contributed by atoms with Crippen molar-refractivity contribution in [1.29, 1.82) is 0 Å². The Bertz CT molecular complexity index is 707. The number of hydrogen-bond acceptors (Lipinski definition) is 4. The Balaban J connectivity index is 2.72. The summed E-state index contributed by atoms with van der Waals surface area (Å²) < 4.78 is 1.09. The Morgan fingerprint density at radius 3 is 2.24 bits per heavy atom. The number of aromatic nitrogens is 3. The molecule has 0 saturated heterocycles. The maximum absolute atomic E-state index is 11.4. The summed E-state index contributed by atoms with van der Waals surface area (Å²) in [4.78, 5) is 22.7. The molecule has 0 bridgehead atoms. The monoisotopic (exact) mass is 309 g/mol. The predicted molar refractivity (Wildman–Crippen MR) is 74.4 cm³/mol. The molecule has 0 radical (unpaired) electrons. The third-order valence-corrected chi connectivity index (χ3v) is 3.30. The molecule has 2 N–H and O–H groups in total. The fourth-order valence-corrected chi connectivity index (χ4v) is 1.90. The standard InChI is InChI=1S/C13H12ClN3O4/c1-13(2,12(20)21)17-10(9(11(18)19)15-16-17)7-3-5-8(14)6-4-7/h3-6H,1-2H3,(H,18,19)(H,20,21). The van der Waals surface area contributed by atoms with Gasteiger partial charge in [0.25, 0.3) is 0 Å². The van der Waals surface area contributed by atoms with E-state index in [1.807, 2.05) is 0 Å². The zero-order valence-electron chi connectivity index (χ0n) is 11.2. The lowest BCUT2D eigenvalue weighted by molar-refractivity contribution is -0.146. The normalized spacial score (nSPS) is 11.4. The Morgan fingerprint density at radius 2 is 1.76 bits per heavy atom. The number of carboxylic acids is 2. The van der Waals surface area contributed by atoms with Gasteiger partial charge in [-0.1, -0.05) is 28.9 Å². The fourth-order valence-electron chi connectivity index (χ4n) is 1.77. The van der Waals surface area contributed by atoms with Gasteiger partial charge in [-0.2, -0.15) is 0 Å². The summed E-state index contributed by atoms with van der Waals surface area (Å²) in [6, 6.07) is 6.32. The molecule has 0 atom stereocenters. The van der Waals surface area contributed by atoms with Gasteiger partial charge in [-0.25, -0.2) is 14.3 Å². The smallest absolute Gasteiger partial charge is 0.358 e. The molecule has 2 aromatic rings. The first-order valence-corrected chi connectivity index (χ1v) is 6.31. The van der Waals surface area contributed by atoms with Crippen molar-refractivity contribution in [3.05, 3.63) is 35.0 Å². The maximum Gasteiger partial charge on any atom is 0.358 e. The minimum absolute atomic E-state index is 0.117. The van der Waals surface area contributed by atoms with Crippen LogP contribution in [0.15, 0.2) is 24.3 Å². The first-order valence-electron chi connectivity index (χ1n) is 5.94. The topological polar surface area (TPSA) is 105 Å². The Labute approximate surface area is 124 Å². The molecule has 110 valence electrons. The molecule has 0 aliphatic heterocycles. The summed E-state index contributed by atoms with van der Waals surface area (Å²) in [5.41, 5.74) is -1.18. The molecule has 1 aromatic heterocycles. The lowest BCUT2D eigenvalue weighted by Crippen LogP contribution is -2.37. The molecule has 0 amide bonds. The van der Waals surface area contributed by atoms with E-state index in [-0.39, 0.29) is 11.4 Å². The molecule has 0 fully saturated rings. The highest BCUT2D eigenvalue weighted by Gasteiger charge is 2.35. The van der Waals surface area contributed by atoms with Crippen molar-refractivity contribution in [1.82, 2.24) is 15.0 Å². The molecular formula is C13H12ClN3O4. The molecular weight excluding hydrogens is 298 g/mol. The Kier molecular flexibility index (Phi) is 3.69. The predicted octanol–water partition coefficient (Wildman–Crippen LogP) is 2.12. The lowest BCUT2D eigenvalue weighted by atomic mass is 10.0. The molecule has 1 aromatic carbocycles. The SMILES string of the molecule is CC(C)(C(=O)O)n1nnc(C(=O)O)c1-c1ccc(Cl)cc1. The molecule has 7 nitrogen and oxygen atoms in total. The Morgan fingerprint density at radius 1 is 1.19 bits per heavy atom. The highest BCUT2D eigenvalue weighted by atomic mass is 35.5. The van der Waals surface area contributed by atoms with E-state index in [0.717, 1.165) is 4.68 Å². The van der Waals surface area contributed by atoms with Gasteiger partial charge in [0, 0.05) is 10.6 Å². The van der Waals surface area contributed by atoms with E-state index in [1.54, 1.807) is 24.3 Å². The largest absolute Gasteiger partial charge is 0.479 e. The van der Waals surface area contributed by atoms with Crippen LogP contribution < -0.4 is 0 Å². The van der Waals surface area contributed by atoms with E-state index in [0.29, 0.717) is 10.6 Å². The minimum Gasteiger partial charge on any atom is -0.479 e. The van der Waals surface area contributed by atoms with Gasteiger partial charge in [0.15, 0.2) is 11.2 Å². The number of carbonyl (C=O) groups is 2. The van der Waals surface area contributed by atoms with Gasteiger partial charge < -0.3 is 10.2 Å². The number of rotatable bonds is 4. The number of benzene rings is 1. The summed E-state index contributed by atoms with van der Waals surface area (Å²) in [5, 5.41) is 26.3. The van der Waals surface area contributed by atoms with Crippen molar-refractivity contribution in [2.45, 2.75) is 19.4 Å².